The monoisotopic (exact) mass is 292 g/mol. The van der Waals surface area contributed by atoms with Crippen LogP contribution >= 0.6 is 11.6 Å². The van der Waals surface area contributed by atoms with E-state index in [1.54, 1.807) is 18.2 Å². The summed E-state index contributed by atoms with van der Waals surface area (Å²) in [5.41, 5.74) is 1.90. The van der Waals surface area contributed by atoms with E-state index in [1.807, 2.05) is 6.92 Å². The molecule has 2 aromatic rings. The zero-order chi connectivity index (χ0) is 14.7. The summed E-state index contributed by atoms with van der Waals surface area (Å²) in [6, 6.07) is 6.61. The number of ether oxygens (including phenoxy) is 1. The van der Waals surface area contributed by atoms with Gasteiger partial charge in [-0.3, -0.25) is 4.79 Å². The quantitative estimate of drug-likeness (QED) is 0.854. The molecule has 104 valence electrons. The Morgan fingerprint density at radius 3 is 2.65 bits per heavy atom. The first-order chi connectivity index (χ1) is 9.51. The third-order valence-electron chi connectivity index (χ3n) is 2.72. The second-order valence-corrected chi connectivity index (χ2v) is 4.66. The molecule has 1 aromatic carbocycles. The Labute approximate surface area is 120 Å². The lowest BCUT2D eigenvalue weighted by atomic mass is 10.1. The number of carbonyl (C=O) groups excluding carboxylic acids is 2. The van der Waals surface area contributed by atoms with Crippen molar-refractivity contribution in [3.8, 4) is 0 Å². The van der Waals surface area contributed by atoms with Crippen molar-refractivity contribution < 1.29 is 14.3 Å². The molecule has 5 nitrogen and oxygen atoms in total. The summed E-state index contributed by atoms with van der Waals surface area (Å²) in [4.78, 5) is 26.5. The molecule has 6 heteroatoms. The van der Waals surface area contributed by atoms with Crippen molar-refractivity contribution in [1.29, 1.82) is 0 Å². The van der Waals surface area contributed by atoms with E-state index in [2.05, 4.69) is 10.3 Å². The van der Waals surface area contributed by atoms with Crippen LogP contribution < -0.4 is 5.32 Å². The standard InChI is InChI=1S/C14H13ClN2O3/c1-8-3-4-11(10(5-8)14(19)20-2)17-13(18)12-6-9(15)7-16-12/h3-7,16H,1-2H3,(H,17,18). The Bertz CT molecular complexity index is 664. The fourth-order valence-electron chi connectivity index (χ4n) is 1.73. The van der Waals surface area contributed by atoms with Gasteiger partial charge in [-0.25, -0.2) is 4.79 Å². The van der Waals surface area contributed by atoms with E-state index >= 15 is 0 Å². The molecular formula is C14H13ClN2O3. The van der Waals surface area contributed by atoms with Crippen LogP contribution in [0.15, 0.2) is 30.5 Å². The second-order valence-electron chi connectivity index (χ2n) is 4.23. The van der Waals surface area contributed by atoms with E-state index in [9.17, 15) is 9.59 Å². The Morgan fingerprint density at radius 2 is 2.05 bits per heavy atom. The number of aryl methyl sites for hydroxylation is 1. The molecule has 1 heterocycles. The van der Waals surface area contributed by atoms with Crippen molar-refractivity contribution in [3.63, 3.8) is 0 Å². The number of benzene rings is 1. The first-order valence-electron chi connectivity index (χ1n) is 5.85. The number of methoxy groups -OCH3 is 1. The predicted molar refractivity (Wildman–Crippen MR) is 76.3 cm³/mol. The smallest absolute Gasteiger partial charge is 0.339 e. The molecule has 2 N–H and O–H groups in total. The van der Waals surface area contributed by atoms with Crippen LogP contribution in [0, 0.1) is 6.92 Å². The van der Waals surface area contributed by atoms with Crippen molar-refractivity contribution in [2.45, 2.75) is 6.92 Å². The number of esters is 1. The highest BCUT2D eigenvalue weighted by atomic mass is 35.5. The fourth-order valence-corrected chi connectivity index (χ4v) is 1.90. The molecule has 0 radical (unpaired) electrons. The SMILES string of the molecule is COC(=O)c1cc(C)ccc1NC(=O)c1cc(Cl)c[nH]1. The maximum absolute atomic E-state index is 12.0. The molecule has 0 atom stereocenters. The van der Waals surface area contributed by atoms with Gasteiger partial charge in [0.15, 0.2) is 0 Å². The zero-order valence-electron chi connectivity index (χ0n) is 11.0. The number of H-pyrrole nitrogens is 1. The van der Waals surface area contributed by atoms with Crippen LogP contribution in [-0.4, -0.2) is 24.0 Å². The molecule has 0 aliphatic carbocycles. The number of nitrogens with one attached hydrogen (secondary N) is 2. The van der Waals surface area contributed by atoms with Crippen molar-refractivity contribution in [2.75, 3.05) is 12.4 Å². The third-order valence-corrected chi connectivity index (χ3v) is 2.94. The largest absolute Gasteiger partial charge is 0.465 e. The highest BCUT2D eigenvalue weighted by molar-refractivity contribution is 6.31. The lowest BCUT2D eigenvalue weighted by Gasteiger charge is -2.10. The van der Waals surface area contributed by atoms with Crippen LogP contribution in [0.25, 0.3) is 0 Å². The van der Waals surface area contributed by atoms with Gasteiger partial charge in [-0.15, -0.1) is 0 Å². The third kappa shape index (κ3) is 3.00. The lowest BCUT2D eigenvalue weighted by Crippen LogP contribution is -2.15. The van der Waals surface area contributed by atoms with Crippen LogP contribution in [0.4, 0.5) is 5.69 Å². The topological polar surface area (TPSA) is 71.2 Å². The first-order valence-corrected chi connectivity index (χ1v) is 6.23. The van der Waals surface area contributed by atoms with E-state index in [1.165, 1.54) is 19.4 Å². The van der Waals surface area contributed by atoms with Crippen molar-refractivity contribution >= 4 is 29.2 Å². The van der Waals surface area contributed by atoms with Gasteiger partial charge < -0.3 is 15.0 Å². The van der Waals surface area contributed by atoms with Crippen molar-refractivity contribution in [2.24, 2.45) is 0 Å². The molecule has 0 aliphatic rings. The molecule has 0 unspecified atom stereocenters. The summed E-state index contributed by atoms with van der Waals surface area (Å²) in [5.74, 6) is -0.889. The normalized spacial score (nSPS) is 10.2. The highest BCUT2D eigenvalue weighted by Gasteiger charge is 2.15. The van der Waals surface area contributed by atoms with Crippen LogP contribution in [0.5, 0.6) is 0 Å². The van der Waals surface area contributed by atoms with Gasteiger partial charge >= 0.3 is 5.97 Å². The Balaban J connectivity index is 2.29. The van der Waals surface area contributed by atoms with Gasteiger partial charge in [0.05, 0.1) is 23.4 Å². The molecular weight excluding hydrogens is 280 g/mol. The number of hydrogen-bond acceptors (Lipinski definition) is 3. The lowest BCUT2D eigenvalue weighted by molar-refractivity contribution is 0.0602. The van der Waals surface area contributed by atoms with Crippen molar-refractivity contribution in [1.82, 2.24) is 4.98 Å². The maximum Gasteiger partial charge on any atom is 0.339 e. The molecule has 0 bridgehead atoms. The van der Waals surface area contributed by atoms with Crippen LogP contribution in [-0.2, 0) is 4.74 Å². The fraction of sp³-hybridized carbons (Fsp3) is 0.143. The summed E-state index contributed by atoms with van der Waals surface area (Å²) in [7, 11) is 1.29. The number of amides is 1. The molecule has 20 heavy (non-hydrogen) atoms. The van der Waals surface area contributed by atoms with Gasteiger partial charge in [0.25, 0.3) is 5.91 Å². The number of aromatic nitrogens is 1. The molecule has 2 rings (SSSR count). The minimum absolute atomic E-state index is 0.304. The number of halogens is 1. The zero-order valence-corrected chi connectivity index (χ0v) is 11.7. The van der Waals surface area contributed by atoms with Gasteiger partial charge in [0.2, 0.25) is 0 Å². The van der Waals surface area contributed by atoms with Crippen LogP contribution in [0.1, 0.15) is 26.4 Å². The van der Waals surface area contributed by atoms with Gasteiger partial charge in [-0.2, -0.15) is 0 Å². The maximum atomic E-state index is 12.0. The highest BCUT2D eigenvalue weighted by Crippen LogP contribution is 2.20. The number of aromatic amines is 1. The number of anilines is 1. The molecule has 1 amide bonds. The Hall–Kier alpha value is -2.27. The summed E-state index contributed by atoms with van der Waals surface area (Å²) in [6.45, 7) is 1.85. The molecule has 0 fully saturated rings. The molecule has 0 saturated carbocycles. The number of carbonyl (C=O) groups is 2. The second kappa shape index (κ2) is 5.79. The van der Waals surface area contributed by atoms with E-state index in [0.717, 1.165) is 5.56 Å². The number of hydrogen-bond donors (Lipinski definition) is 2. The minimum Gasteiger partial charge on any atom is -0.465 e. The summed E-state index contributed by atoms with van der Waals surface area (Å²) >= 11 is 5.75. The Morgan fingerprint density at radius 1 is 1.30 bits per heavy atom. The molecule has 1 aromatic heterocycles. The van der Waals surface area contributed by atoms with Gasteiger partial charge in [-0.1, -0.05) is 23.2 Å². The number of rotatable bonds is 3. The van der Waals surface area contributed by atoms with Gasteiger partial charge in [0.1, 0.15) is 5.69 Å². The van der Waals surface area contributed by atoms with E-state index in [-0.39, 0.29) is 5.91 Å². The van der Waals surface area contributed by atoms with Crippen molar-refractivity contribution in [3.05, 3.63) is 52.3 Å². The van der Waals surface area contributed by atoms with E-state index < -0.39 is 5.97 Å². The van der Waals surface area contributed by atoms with Gasteiger partial charge in [0, 0.05) is 6.20 Å². The Kier molecular flexibility index (Phi) is 4.10. The van der Waals surface area contributed by atoms with Crippen LogP contribution in [0.3, 0.4) is 0 Å². The summed E-state index contributed by atoms with van der Waals surface area (Å²) < 4.78 is 4.70. The first kappa shape index (κ1) is 14.1. The minimum atomic E-state index is -0.506. The van der Waals surface area contributed by atoms with E-state index in [4.69, 9.17) is 16.3 Å². The molecule has 0 saturated heterocycles. The van der Waals surface area contributed by atoms with Crippen LogP contribution in [0.2, 0.25) is 5.02 Å². The summed E-state index contributed by atoms with van der Waals surface area (Å²) in [6.07, 6.45) is 1.51. The summed E-state index contributed by atoms with van der Waals surface area (Å²) in [5, 5.41) is 3.09. The van der Waals surface area contributed by atoms with Gasteiger partial charge in [-0.05, 0) is 25.1 Å². The average Bonchev–Trinajstić information content (AvgIpc) is 2.86. The molecule has 0 aliphatic heterocycles. The predicted octanol–water partition coefficient (Wildman–Crippen LogP) is 3.02. The van der Waals surface area contributed by atoms with E-state index in [0.29, 0.717) is 22.0 Å². The average molecular weight is 293 g/mol. The molecule has 0 spiro atoms.